The average Bonchev–Trinajstić information content (AvgIpc) is 2.68. The van der Waals surface area contributed by atoms with E-state index >= 15 is 0 Å². The Hall–Kier alpha value is -2.56. The molecule has 2 N–H and O–H groups in total. The van der Waals surface area contributed by atoms with Gasteiger partial charge in [0, 0.05) is 11.2 Å². The molecule has 0 saturated carbocycles. The molecule has 0 aromatic heterocycles. The molecule has 0 saturated heterocycles. The van der Waals surface area contributed by atoms with Crippen molar-refractivity contribution in [1.82, 2.24) is 0 Å². The van der Waals surface area contributed by atoms with Crippen LogP contribution in [0.25, 0.3) is 0 Å². The molecule has 0 aliphatic carbocycles. The topological polar surface area (TPSA) is 44.5 Å². The van der Waals surface area contributed by atoms with Crippen LogP contribution in [0.5, 0.6) is 11.5 Å². The quantitative estimate of drug-likeness (QED) is 0.628. The highest BCUT2D eigenvalue weighted by atomic mass is 28.4. The summed E-state index contributed by atoms with van der Waals surface area (Å²) in [5, 5.41) is 1.11. The second-order valence-corrected chi connectivity index (χ2v) is 8.83. The molecule has 0 bridgehead atoms. The largest absolute Gasteiger partial charge is 0.509 e. The van der Waals surface area contributed by atoms with Crippen molar-refractivity contribution in [3.63, 3.8) is 0 Å². The van der Waals surface area contributed by atoms with Crippen LogP contribution in [0.2, 0.25) is 6.04 Å². The van der Waals surface area contributed by atoms with Gasteiger partial charge in [0.15, 0.2) is 0 Å². The normalized spacial score (nSPS) is 11.1. The fourth-order valence-corrected chi connectivity index (χ4v) is 5.94. The first kappa shape index (κ1) is 17.3. The van der Waals surface area contributed by atoms with Crippen LogP contribution in [0.3, 0.4) is 0 Å². The zero-order valence-corrected chi connectivity index (χ0v) is 15.2. The van der Waals surface area contributed by atoms with Gasteiger partial charge in [-0.25, -0.2) is 0 Å². The maximum absolute atomic E-state index is 6.56. The van der Waals surface area contributed by atoms with Gasteiger partial charge in [-0.05, 0) is 37.2 Å². The Balaban J connectivity index is 2.02. The van der Waals surface area contributed by atoms with Crippen molar-refractivity contribution in [2.24, 2.45) is 5.73 Å². The fourth-order valence-electron chi connectivity index (χ4n) is 2.77. The molecule has 3 nitrogen and oxygen atoms in total. The lowest BCUT2D eigenvalue weighted by Crippen LogP contribution is -2.59. The number of benzene rings is 3. The second kappa shape index (κ2) is 8.51. The zero-order chi connectivity index (χ0) is 17.4. The lowest BCUT2D eigenvalue weighted by molar-refractivity contribution is 0.395. The molecule has 0 radical (unpaired) electrons. The van der Waals surface area contributed by atoms with E-state index < -0.39 is 8.56 Å². The summed E-state index contributed by atoms with van der Waals surface area (Å²) in [5.74, 6) is 1.65. The third kappa shape index (κ3) is 4.50. The van der Waals surface area contributed by atoms with Crippen molar-refractivity contribution in [3.8, 4) is 11.5 Å². The van der Waals surface area contributed by atoms with Crippen LogP contribution < -0.4 is 19.8 Å². The minimum absolute atomic E-state index is 0.609. The molecule has 0 aliphatic heterocycles. The maximum Gasteiger partial charge on any atom is 0.495 e. The standard InChI is InChI=1S/C21H23NO2Si/c22-17-10-18-25(21-15-8-3-9-16-21,23-19-11-4-1-5-12-19)24-20-13-6-2-7-14-20/h1-9,11-16H,10,17-18,22H2. The lowest BCUT2D eigenvalue weighted by Gasteiger charge is -2.32. The van der Waals surface area contributed by atoms with E-state index in [1.165, 1.54) is 0 Å². The van der Waals surface area contributed by atoms with E-state index in [4.69, 9.17) is 14.6 Å². The second-order valence-electron chi connectivity index (χ2n) is 5.84. The van der Waals surface area contributed by atoms with Crippen LogP contribution in [-0.4, -0.2) is 15.1 Å². The molecule has 4 heteroatoms. The minimum Gasteiger partial charge on any atom is -0.509 e. The molecule has 25 heavy (non-hydrogen) atoms. The van der Waals surface area contributed by atoms with E-state index in [0.717, 1.165) is 29.2 Å². The van der Waals surface area contributed by atoms with E-state index in [-0.39, 0.29) is 0 Å². The van der Waals surface area contributed by atoms with E-state index in [2.05, 4.69) is 12.1 Å². The number of para-hydroxylation sites is 2. The molecule has 0 fully saturated rings. The van der Waals surface area contributed by atoms with Gasteiger partial charge in [0.2, 0.25) is 0 Å². The molecular formula is C21H23NO2Si. The minimum atomic E-state index is -2.75. The molecule has 0 heterocycles. The molecule has 3 aromatic carbocycles. The molecule has 0 aliphatic rings. The molecule has 128 valence electrons. The van der Waals surface area contributed by atoms with Crippen molar-refractivity contribution >= 4 is 13.7 Å². The zero-order valence-electron chi connectivity index (χ0n) is 14.2. The predicted octanol–water partition coefficient (Wildman–Crippen LogP) is 3.84. The third-order valence-corrected chi connectivity index (χ3v) is 7.33. The summed E-state index contributed by atoms with van der Waals surface area (Å²) >= 11 is 0. The van der Waals surface area contributed by atoms with E-state index in [1.807, 2.05) is 78.9 Å². The van der Waals surface area contributed by atoms with Crippen LogP contribution in [0.15, 0.2) is 91.0 Å². The number of rotatable bonds is 8. The van der Waals surface area contributed by atoms with Gasteiger partial charge < -0.3 is 14.6 Å². The van der Waals surface area contributed by atoms with Gasteiger partial charge in [-0.15, -0.1) is 0 Å². The van der Waals surface area contributed by atoms with Gasteiger partial charge in [0.25, 0.3) is 0 Å². The number of hydrogen-bond donors (Lipinski definition) is 1. The molecule has 0 spiro atoms. The third-order valence-electron chi connectivity index (χ3n) is 3.98. The number of hydrogen-bond acceptors (Lipinski definition) is 3. The van der Waals surface area contributed by atoms with Crippen molar-refractivity contribution in [2.75, 3.05) is 6.54 Å². The molecule has 0 atom stereocenters. The first-order chi connectivity index (χ1) is 12.3. The van der Waals surface area contributed by atoms with Crippen molar-refractivity contribution in [1.29, 1.82) is 0 Å². The smallest absolute Gasteiger partial charge is 0.495 e. The molecule has 0 amide bonds. The van der Waals surface area contributed by atoms with Crippen LogP contribution in [-0.2, 0) is 0 Å². The predicted molar refractivity (Wildman–Crippen MR) is 104 cm³/mol. The highest BCUT2D eigenvalue weighted by molar-refractivity contribution is 6.82. The Kier molecular flexibility index (Phi) is 5.88. The fraction of sp³-hybridized carbons (Fsp3) is 0.143. The summed E-state index contributed by atoms with van der Waals surface area (Å²) in [5.41, 5.74) is 5.81. The van der Waals surface area contributed by atoms with E-state index in [1.54, 1.807) is 0 Å². The number of nitrogens with two attached hydrogens (primary N) is 1. The first-order valence-electron chi connectivity index (χ1n) is 8.56. The van der Waals surface area contributed by atoms with Crippen molar-refractivity contribution in [3.05, 3.63) is 91.0 Å². The summed E-state index contributed by atoms with van der Waals surface area (Å²) < 4.78 is 13.1. The van der Waals surface area contributed by atoms with Crippen molar-refractivity contribution < 1.29 is 8.85 Å². The van der Waals surface area contributed by atoms with Gasteiger partial charge in [-0.2, -0.15) is 0 Å². The molecule has 3 rings (SSSR count). The van der Waals surface area contributed by atoms with E-state index in [0.29, 0.717) is 6.54 Å². The van der Waals surface area contributed by atoms with Crippen molar-refractivity contribution in [2.45, 2.75) is 12.5 Å². The van der Waals surface area contributed by atoms with E-state index in [9.17, 15) is 0 Å². The van der Waals surface area contributed by atoms with Crippen LogP contribution in [0, 0.1) is 0 Å². The van der Waals surface area contributed by atoms with Crippen LogP contribution in [0.1, 0.15) is 6.42 Å². The first-order valence-corrected chi connectivity index (χ1v) is 10.6. The van der Waals surface area contributed by atoms with Gasteiger partial charge in [0.05, 0.1) is 0 Å². The Morgan fingerprint density at radius 1 is 0.640 bits per heavy atom. The van der Waals surface area contributed by atoms with Gasteiger partial charge in [0.1, 0.15) is 11.5 Å². The molecule has 3 aromatic rings. The molecule has 0 unspecified atom stereocenters. The maximum atomic E-state index is 6.56. The van der Waals surface area contributed by atoms with Crippen LogP contribution >= 0.6 is 0 Å². The summed E-state index contributed by atoms with van der Waals surface area (Å²) in [6.45, 7) is 0.609. The van der Waals surface area contributed by atoms with Gasteiger partial charge >= 0.3 is 8.56 Å². The van der Waals surface area contributed by atoms with Gasteiger partial charge in [-0.1, -0.05) is 66.7 Å². The average molecular weight is 350 g/mol. The summed E-state index contributed by atoms with van der Waals surface area (Å²) in [4.78, 5) is 0. The summed E-state index contributed by atoms with van der Waals surface area (Å²) in [6, 6.07) is 30.8. The monoisotopic (exact) mass is 349 g/mol. The Morgan fingerprint density at radius 3 is 1.52 bits per heavy atom. The Morgan fingerprint density at radius 2 is 1.08 bits per heavy atom. The summed E-state index contributed by atoms with van der Waals surface area (Å²) in [7, 11) is -2.75. The summed E-state index contributed by atoms with van der Waals surface area (Å²) in [6.07, 6.45) is 0.848. The molecular weight excluding hydrogens is 326 g/mol. The lowest BCUT2D eigenvalue weighted by atomic mass is 10.3. The SMILES string of the molecule is NCCC[Si](Oc1ccccc1)(Oc1ccccc1)c1ccccc1. The highest BCUT2D eigenvalue weighted by Gasteiger charge is 2.44. The Labute approximate surface area is 150 Å². The van der Waals surface area contributed by atoms with Gasteiger partial charge in [-0.3, -0.25) is 0 Å². The van der Waals surface area contributed by atoms with Crippen LogP contribution in [0.4, 0.5) is 0 Å². The Bertz CT molecular complexity index is 709. The highest BCUT2D eigenvalue weighted by Crippen LogP contribution is 2.24.